The van der Waals surface area contributed by atoms with E-state index in [1.807, 2.05) is 0 Å². The molecule has 49 heavy (non-hydrogen) atoms. The van der Waals surface area contributed by atoms with E-state index in [0.29, 0.717) is 0 Å². The maximum atomic E-state index is 11.7. The third-order valence-electron chi connectivity index (χ3n) is 10.3. The van der Waals surface area contributed by atoms with Gasteiger partial charge in [-0.3, -0.25) is 0 Å². The molecule has 2 aromatic rings. The van der Waals surface area contributed by atoms with Crippen LogP contribution in [0.3, 0.4) is 0 Å². The molecule has 0 saturated carbocycles. The van der Waals surface area contributed by atoms with Gasteiger partial charge in [0.25, 0.3) is 0 Å². The van der Waals surface area contributed by atoms with Crippen molar-refractivity contribution >= 4 is 28.0 Å². The van der Waals surface area contributed by atoms with Crippen molar-refractivity contribution in [1.82, 2.24) is 0 Å². The molecule has 0 heterocycles. The number of benzene rings is 2. The fourth-order valence-electron chi connectivity index (χ4n) is 7.36. The molecule has 0 aliphatic heterocycles. The second-order valence-corrected chi connectivity index (χ2v) is 22.2. The molecule has 2 rings (SSSR count). The second kappa shape index (κ2) is 28.1. The van der Waals surface area contributed by atoms with E-state index < -0.39 is 15.8 Å². The van der Waals surface area contributed by atoms with Crippen molar-refractivity contribution < 1.29 is 9.79 Å². The Hall–Kier alpha value is -0.510. The number of thiol groups is 1. The van der Waals surface area contributed by atoms with Crippen LogP contribution in [0.15, 0.2) is 46.2 Å². The summed E-state index contributed by atoms with van der Waals surface area (Å²) < 4.78 is 0. The molecule has 0 aromatic heterocycles. The predicted molar refractivity (Wildman–Crippen MR) is 225 cm³/mol. The van der Waals surface area contributed by atoms with Crippen LogP contribution < -0.4 is 0 Å². The third kappa shape index (κ3) is 18.2. The SMILES string of the molecule is CCCCCCCCc1cccc(S(c2cccc(CCCCCCCC)c2CCCCCCCC)=P(O)(O)S)c1CCCCCCCC. The zero-order valence-corrected chi connectivity index (χ0v) is 35.1. The zero-order valence-electron chi connectivity index (χ0n) is 32.5. The average Bonchev–Trinajstić information content (AvgIpc) is 3.08. The van der Waals surface area contributed by atoms with Gasteiger partial charge in [0.1, 0.15) is 0 Å². The van der Waals surface area contributed by atoms with Crippen molar-refractivity contribution in [3.05, 3.63) is 58.7 Å². The largest absolute Gasteiger partial charge is 0.341 e. The van der Waals surface area contributed by atoms with Crippen LogP contribution in [-0.4, -0.2) is 9.79 Å². The van der Waals surface area contributed by atoms with Crippen molar-refractivity contribution in [3.63, 3.8) is 0 Å². The molecule has 0 unspecified atom stereocenters. The highest BCUT2D eigenvalue weighted by molar-refractivity contribution is 8.65. The van der Waals surface area contributed by atoms with E-state index in [1.54, 1.807) is 0 Å². The summed E-state index contributed by atoms with van der Waals surface area (Å²) in [6, 6.07) is 13.5. The van der Waals surface area contributed by atoms with Gasteiger partial charge >= 0.3 is 0 Å². The van der Waals surface area contributed by atoms with Crippen molar-refractivity contribution in [3.8, 4) is 0 Å². The lowest BCUT2D eigenvalue weighted by Gasteiger charge is -2.25. The Bertz CT molecular complexity index is 1100. The van der Waals surface area contributed by atoms with Gasteiger partial charge in [-0.05, 0) is 85.8 Å². The first-order chi connectivity index (χ1) is 23.9. The molecule has 5 heteroatoms. The lowest BCUT2D eigenvalue weighted by molar-refractivity contribution is 0.502. The highest BCUT2D eigenvalue weighted by Gasteiger charge is 2.23. The maximum absolute atomic E-state index is 11.7. The van der Waals surface area contributed by atoms with Crippen molar-refractivity contribution in [2.24, 2.45) is 0 Å². The van der Waals surface area contributed by atoms with Crippen LogP contribution >= 0.6 is 17.9 Å². The van der Waals surface area contributed by atoms with Crippen LogP contribution in [0.4, 0.5) is 0 Å². The highest BCUT2D eigenvalue weighted by atomic mass is 32.9. The van der Waals surface area contributed by atoms with Gasteiger partial charge in [-0.1, -0.05) is 203 Å². The van der Waals surface area contributed by atoms with Crippen LogP contribution in [0.5, 0.6) is 0 Å². The number of hydrogen-bond donors (Lipinski definition) is 3. The van der Waals surface area contributed by atoms with E-state index in [0.717, 1.165) is 35.5 Å². The summed E-state index contributed by atoms with van der Waals surface area (Å²) in [5.41, 5.74) is 2.11. The van der Waals surface area contributed by atoms with Gasteiger partial charge in [-0.25, -0.2) is 0 Å². The minimum absolute atomic E-state index is 0.870. The first-order valence-corrected chi connectivity index (χ1v) is 25.6. The first-order valence-electron chi connectivity index (χ1n) is 20.9. The first kappa shape index (κ1) is 44.7. The molecule has 0 fully saturated rings. The van der Waals surface area contributed by atoms with Crippen LogP contribution in [0, 0.1) is 0 Å². The van der Waals surface area contributed by atoms with Crippen molar-refractivity contribution in [2.45, 2.75) is 217 Å². The zero-order chi connectivity index (χ0) is 35.6. The van der Waals surface area contributed by atoms with E-state index in [2.05, 4.69) is 64.1 Å². The maximum Gasteiger partial charge on any atom is 0.207 e. The van der Waals surface area contributed by atoms with Crippen LogP contribution in [0.2, 0.25) is 0 Å². The van der Waals surface area contributed by atoms with Gasteiger partial charge < -0.3 is 9.79 Å². The average molecular weight is 733 g/mol. The Morgan fingerprint density at radius 3 is 1.02 bits per heavy atom. The molecule has 2 aromatic carbocycles. The molecule has 2 N–H and O–H groups in total. The van der Waals surface area contributed by atoms with E-state index in [4.69, 9.17) is 12.2 Å². The molecule has 282 valence electrons. The normalized spacial score (nSPS) is 12.0. The van der Waals surface area contributed by atoms with Gasteiger partial charge in [0.05, 0.1) is 0 Å². The Balaban J connectivity index is 2.51. The molecule has 0 amide bonds. The second-order valence-electron chi connectivity index (χ2n) is 14.7. The molecular formula is C44H77O2PS2. The Labute approximate surface area is 312 Å². The molecule has 0 saturated heterocycles. The Kier molecular flexibility index (Phi) is 25.6. The van der Waals surface area contributed by atoms with Crippen molar-refractivity contribution in [1.29, 1.82) is 0 Å². The number of aryl methyl sites for hydroxylation is 2. The summed E-state index contributed by atoms with van der Waals surface area (Å²) in [6.45, 7) is 9.14. The minimum atomic E-state index is -3.54. The molecule has 0 aliphatic rings. The molecular weight excluding hydrogens is 656 g/mol. The van der Waals surface area contributed by atoms with Gasteiger partial charge in [-0.2, -0.15) is 0 Å². The third-order valence-corrected chi connectivity index (χ3v) is 16.5. The Morgan fingerprint density at radius 2 is 0.714 bits per heavy atom. The van der Waals surface area contributed by atoms with Crippen LogP contribution in [0.25, 0.3) is 0 Å². The molecule has 2 nitrogen and oxygen atoms in total. The monoisotopic (exact) mass is 733 g/mol. The molecule has 0 aliphatic carbocycles. The van der Waals surface area contributed by atoms with Gasteiger partial charge in [0.15, 0.2) is 0 Å². The minimum Gasteiger partial charge on any atom is -0.341 e. The summed E-state index contributed by atoms with van der Waals surface area (Å²) >= 11 is 4.70. The summed E-state index contributed by atoms with van der Waals surface area (Å²) in [5, 5.41) is 0. The fourth-order valence-corrected chi connectivity index (χ4v) is 13.7. The number of hydrogen-bond acceptors (Lipinski definition) is 0. The molecule has 0 spiro atoms. The van der Waals surface area contributed by atoms with Gasteiger partial charge in [-0.15, -0.1) is 0 Å². The lowest BCUT2D eigenvalue weighted by atomic mass is 9.96. The van der Waals surface area contributed by atoms with E-state index >= 15 is 0 Å². The number of rotatable bonds is 30. The molecule has 0 radical (unpaired) electrons. The van der Waals surface area contributed by atoms with Crippen LogP contribution in [0.1, 0.15) is 204 Å². The van der Waals surface area contributed by atoms with E-state index in [1.165, 1.54) is 176 Å². The quantitative estimate of drug-likeness (QED) is 0.0425. The van der Waals surface area contributed by atoms with Crippen LogP contribution in [-0.2, 0) is 35.8 Å². The number of unbranched alkanes of at least 4 members (excludes halogenated alkanes) is 20. The molecule has 0 atom stereocenters. The van der Waals surface area contributed by atoms with Gasteiger partial charge in [0, 0.05) is 9.79 Å². The summed E-state index contributed by atoms with van der Waals surface area (Å²) in [4.78, 5) is 25.7. The predicted octanol–water partition coefficient (Wildman–Crippen LogP) is 14.9. The fraction of sp³-hybridized carbons (Fsp3) is 0.727. The lowest BCUT2D eigenvalue weighted by Crippen LogP contribution is -2.08. The van der Waals surface area contributed by atoms with Gasteiger partial charge in [0.2, 0.25) is 5.69 Å². The summed E-state index contributed by atoms with van der Waals surface area (Å²) in [5.74, 6) is 0. The van der Waals surface area contributed by atoms with Crippen molar-refractivity contribution in [2.75, 3.05) is 0 Å². The van der Waals surface area contributed by atoms with E-state index in [-0.39, 0.29) is 0 Å². The highest BCUT2D eigenvalue weighted by Crippen LogP contribution is 2.53. The topological polar surface area (TPSA) is 40.5 Å². The summed E-state index contributed by atoms with van der Waals surface area (Å²) in [6.07, 6.45) is 34.9. The standard InChI is InChI=1S/C44H77O2PS2/c1-5-9-13-17-21-25-31-39-33-29-37-43(41(39)35-27-23-19-15-11-7-3)49(47(45,46)48)44-38-30-34-40(32-26-22-18-14-10-6-2)42(44)36-28-24-20-16-12-8-4/h29-30,33-34,37-38,45-46,48H,5-28,31-32,35-36H2,1-4H3. The smallest absolute Gasteiger partial charge is 0.207 e. The Morgan fingerprint density at radius 1 is 0.429 bits per heavy atom. The molecule has 0 bridgehead atoms. The van der Waals surface area contributed by atoms with E-state index in [9.17, 15) is 9.79 Å². The summed E-state index contributed by atoms with van der Waals surface area (Å²) in [7, 11) is -0.870.